The van der Waals surface area contributed by atoms with Crippen molar-refractivity contribution in [2.75, 3.05) is 0 Å². The van der Waals surface area contributed by atoms with Crippen molar-refractivity contribution in [2.45, 2.75) is 25.9 Å². The maximum absolute atomic E-state index is 6.29. The van der Waals surface area contributed by atoms with Crippen molar-refractivity contribution in [2.24, 2.45) is 7.05 Å². The molecular weight excluding hydrogens is 268 g/mol. The molecule has 2 aromatic heterocycles. The molecule has 0 N–H and O–H groups in total. The molecule has 1 atom stereocenters. The lowest BCUT2D eigenvalue weighted by molar-refractivity contribution is 0.183. The number of aromatic nitrogens is 2. The van der Waals surface area contributed by atoms with Gasteiger partial charge < -0.3 is 9.30 Å². The summed E-state index contributed by atoms with van der Waals surface area (Å²) in [5, 5.41) is 2.11. The molecular formula is C16H16N2OS. The molecule has 0 unspecified atom stereocenters. The number of ether oxygens (including phenoxy) is 1. The fraction of sp³-hybridized carbons (Fsp3) is 0.312. The third-order valence-corrected chi connectivity index (χ3v) is 5.07. The van der Waals surface area contributed by atoms with Crippen molar-refractivity contribution in [3.8, 4) is 5.75 Å². The normalized spacial score (nSPS) is 18.0. The Morgan fingerprint density at radius 3 is 3.05 bits per heavy atom. The first-order valence-corrected chi connectivity index (χ1v) is 7.77. The van der Waals surface area contributed by atoms with Crippen LogP contribution >= 0.6 is 11.3 Å². The highest BCUT2D eigenvalue weighted by Crippen LogP contribution is 2.40. The number of nitrogens with zero attached hydrogens (tertiary/aromatic N) is 2. The predicted molar refractivity (Wildman–Crippen MR) is 81.5 cm³/mol. The van der Waals surface area contributed by atoms with Gasteiger partial charge in [0, 0.05) is 11.9 Å². The van der Waals surface area contributed by atoms with Crippen LogP contribution in [-0.2, 0) is 13.5 Å². The first-order valence-electron chi connectivity index (χ1n) is 6.89. The summed E-state index contributed by atoms with van der Waals surface area (Å²) in [4.78, 5) is 5.99. The van der Waals surface area contributed by atoms with Crippen molar-refractivity contribution in [1.29, 1.82) is 0 Å². The summed E-state index contributed by atoms with van der Waals surface area (Å²) >= 11 is 1.77. The molecule has 0 amide bonds. The van der Waals surface area contributed by atoms with Gasteiger partial charge in [0.2, 0.25) is 0 Å². The van der Waals surface area contributed by atoms with Crippen molar-refractivity contribution in [3.05, 3.63) is 45.9 Å². The number of imidazole rings is 1. The summed E-state index contributed by atoms with van der Waals surface area (Å²) in [5.41, 5.74) is 3.43. The molecule has 0 fully saturated rings. The highest BCUT2D eigenvalue weighted by Gasteiger charge is 2.25. The van der Waals surface area contributed by atoms with E-state index >= 15 is 0 Å². The standard InChI is InChI=1S/C16H16N2OS/c1-10-17-15-12(18(10)2)7-5-11-6-8-13(19-16(11)15)14-4-3-9-20-14/h3-5,7,9,13H,6,8H2,1-2H3/t13-/m0/s1. The summed E-state index contributed by atoms with van der Waals surface area (Å²) in [6, 6.07) is 8.58. The zero-order valence-electron chi connectivity index (χ0n) is 11.6. The number of fused-ring (bicyclic) bond motifs is 3. The number of benzene rings is 1. The van der Waals surface area contributed by atoms with Crippen LogP contribution in [0.2, 0.25) is 0 Å². The highest BCUT2D eigenvalue weighted by molar-refractivity contribution is 7.10. The Kier molecular flexibility index (Phi) is 2.60. The molecule has 3 heterocycles. The average molecular weight is 284 g/mol. The van der Waals surface area contributed by atoms with Crippen LogP contribution in [0, 0.1) is 6.92 Å². The van der Waals surface area contributed by atoms with Crippen molar-refractivity contribution in [1.82, 2.24) is 9.55 Å². The van der Waals surface area contributed by atoms with Gasteiger partial charge in [0.25, 0.3) is 0 Å². The first kappa shape index (κ1) is 12.0. The summed E-state index contributed by atoms with van der Waals surface area (Å²) in [6.45, 7) is 2.03. The summed E-state index contributed by atoms with van der Waals surface area (Å²) in [6.07, 6.45) is 2.28. The third kappa shape index (κ3) is 1.68. The number of rotatable bonds is 1. The van der Waals surface area contributed by atoms with E-state index in [9.17, 15) is 0 Å². The third-order valence-electron chi connectivity index (χ3n) is 4.11. The van der Waals surface area contributed by atoms with E-state index < -0.39 is 0 Å². The van der Waals surface area contributed by atoms with E-state index in [1.807, 2.05) is 6.92 Å². The Morgan fingerprint density at radius 2 is 2.25 bits per heavy atom. The summed E-state index contributed by atoms with van der Waals surface area (Å²) in [5.74, 6) is 2.01. The fourth-order valence-corrected chi connectivity index (χ4v) is 3.67. The predicted octanol–water partition coefficient (Wildman–Crippen LogP) is 4.01. The van der Waals surface area contributed by atoms with Gasteiger partial charge in [-0.2, -0.15) is 0 Å². The van der Waals surface area contributed by atoms with Gasteiger partial charge in [-0.25, -0.2) is 4.98 Å². The van der Waals surface area contributed by atoms with E-state index in [2.05, 4.69) is 46.2 Å². The molecule has 0 saturated carbocycles. The molecule has 3 aromatic rings. The zero-order valence-corrected chi connectivity index (χ0v) is 12.4. The molecule has 0 spiro atoms. The van der Waals surface area contributed by atoms with Gasteiger partial charge in [-0.05, 0) is 42.8 Å². The van der Waals surface area contributed by atoms with Crippen LogP contribution in [0.5, 0.6) is 5.75 Å². The minimum atomic E-state index is 0.176. The van der Waals surface area contributed by atoms with Crippen molar-refractivity contribution < 1.29 is 4.74 Å². The van der Waals surface area contributed by atoms with Crippen LogP contribution in [0.15, 0.2) is 29.6 Å². The van der Waals surface area contributed by atoms with Gasteiger partial charge >= 0.3 is 0 Å². The second-order valence-corrected chi connectivity index (χ2v) is 6.28. The molecule has 0 bridgehead atoms. The molecule has 1 aliphatic rings. The lowest BCUT2D eigenvalue weighted by Gasteiger charge is -2.25. The van der Waals surface area contributed by atoms with E-state index in [0.29, 0.717) is 0 Å². The molecule has 4 rings (SSSR count). The van der Waals surface area contributed by atoms with Gasteiger partial charge in [0.1, 0.15) is 17.4 Å². The number of hydrogen-bond donors (Lipinski definition) is 0. The van der Waals surface area contributed by atoms with Crippen LogP contribution in [-0.4, -0.2) is 9.55 Å². The van der Waals surface area contributed by atoms with Gasteiger partial charge in [-0.15, -0.1) is 11.3 Å². The minimum absolute atomic E-state index is 0.176. The Balaban J connectivity index is 1.85. The highest BCUT2D eigenvalue weighted by atomic mass is 32.1. The Labute approximate surface area is 121 Å². The fourth-order valence-electron chi connectivity index (χ4n) is 2.88. The lowest BCUT2D eigenvalue weighted by Crippen LogP contribution is -2.14. The first-order chi connectivity index (χ1) is 9.74. The quantitative estimate of drug-likeness (QED) is 0.675. The molecule has 0 radical (unpaired) electrons. The molecule has 1 aromatic carbocycles. The van der Waals surface area contributed by atoms with Gasteiger partial charge in [-0.1, -0.05) is 12.1 Å². The molecule has 0 saturated heterocycles. The Morgan fingerprint density at radius 1 is 1.35 bits per heavy atom. The summed E-state index contributed by atoms with van der Waals surface area (Å²) in [7, 11) is 2.05. The van der Waals surface area contributed by atoms with E-state index in [4.69, 9.17) is 4.74 Å². The topological polar surface area (TPSA) is 27.1 Å². The Hall–Kier alpha value is -1.81. The number of thiophene rings is 1. The van der Waals surface area contributed by atoms with E-state index in [0.717, 1.165) is 35.4 Å². The van der Waals surface area contributed by atoms with E-state index in [-0.39, 0.29) is 6.10 Å². The second kappa shape index (κ2) is 4.35. The minimum Gasteiger partial charge on any atom is -0.482 e. The molecule has 0 aliphatic carbocycles. The second-order valence-electron chi connectivity index (χ2n) is 5.30. The van der Waals surface area contributed by atoms with E-state index in [1.54, 1.807) is 11.3 Å². The number of hydrogen-bond acceptors (Lipinski definition) is 3. The maximum Gasteiger partial charge on any atom is 0.151 e. The lowest BCUT2D eigenvalue weighted by atomic mass is 10.0. The van der Waals surface area contributed by atoms with E-state index in [1.165, 1.54) is 10.4 Å². The van der Waals surface area contributed by atoms with Crippen LogP contribution in [0.3, 0.4) is 0 Å². The van der Waals surface area contributed by atoms with Crippen LogP contribution in [0.1, 0.15) is 28.8 Å². The van der Waals surface area contributed by atoms with Gasteiger partial charge in [0.05, 0.1) is 5.52 Å². The SMILES string of the molecule is Cc1nc2c3c(ccc2n1C)CC[C@@H](c1cccs1)O3. The largest absolute Gasteiger partial charge is 0.482 e. The molecule has 102 valence electrons. The van der Waals surface area contributed by atoms with Crippen LogP contribution in [0.4, 0.5) is 0 Å². The van der Waals surface area contributed by atoms with Gasteiger partial charge in [0.15, 0.2) is 5.75 Å². The number of aryl methyl sites for hydroxylation is 3. The molecule has 1 aliphatic heterocycles. The smallest absolute Gasteiger partial charge is 0.151 e. The van der Waals surface area contributed by atoms with Gasteiger partial charge in [-0.3, -0.25) is 0 Å². The average Bonchev–Trinajstić information content (AvgIpc) is 3.08. The summed E-state index contributed by atoms with van der Waals surface area (Å²) < 4.78 is 8.41. The van der Waals surface area contributed by atoms with Crippen molar-refractivity contribution in [3.63, 3.8) is 0 Å². The molecule has 3 nitrogen and oxygen atoms in total. The zero-order chi connectivity index (χ0) is 13.7. The monoisotopic (exact) mass is 284 g/mol. The van der Waals surface area contributed by atoms with Crippen molar-refractivity contribution >= 4 is 22.4 Å². The molecule has 20 heavy (non-hydrogen) atoms. The van der Waals surface area contributed by atoms with Crippen LogP contribution in [0.25, 0.3) is 11.0 Å². The Bertz CT molecular complexity index is 773. The van der Waals surface area contributed by atoms with Crippen LogP contribution < -0.4 is 4.74 Å². The maximum atomic E-state index is 6.29. The molecule has 4 heteroatoms.